The SMILES string of the molecule is CC(=O)O[C@@H](C(=O)C=CC(=O)CCCCO)[C@@H](Cc1ccccc1)C(=O)N1C(=O)OC[C@H]1C(C)C. The third-order valence-electron chi connectivity index (χ3n) is 5.73. The number of carbonyl (C=O) groups is 5. The molecule has 1 heterocycles. The first kappa shape index (κ1) is 27.9. The Morgan fingerprint density at radius 1 is 1.14 bits per heavy atom. The lowest BCUT2D eigenvalue weighted by atomic mass is 9.89. The molecule has 0 unspecified atom stereocenters. The fourth-order valence-electron chi connectivity index (χ4n) is 3.83. The van der Waals surface area contributed by atoms with Gasteiger partial charge in [-0.1, -0.05) is 44.2 Å². The lowest BCUT2D eigenvalue weighted by Crippen LogP contribution is -2.50. The van der Waals surface area contributed by atoms with E-state index in [0.29, 0.717) is 18.4 Å². The molecule has 0 aliphatic carbocycles. The third-order valence-corrected chi connectivity index (χ3v) is 5.73. The molecule has 1 saturated heterocycles. The van der Waals surface area contributed by atoms with Crippen LogP contribution in [0.5, 0.6) is 0 Å². The number of cyclic esters (lactones) is 1. The van der Waals surface area contributed by atoms with Crippen molar-refractivity contribution in [2.24, 2.45) is 11.8 Å². The minimum absolute atomic E-state index is 0.0240. The molecule has 0 saturated carbocycles. The smallest absolute Gasteiger partial charge is 0.416 e. The van der Waals surface area contributed by atoms with Crippen LogP contribution >= 0.6 is 0 Å². The average Bonchev–Trinajstić information content (AvgIpc) is 3.21. The van der Waals surface area contributed by atoms with Gasteiger partial charge >= 0.3 is 12.1 Å². The van der Waals surface area contributed by atoms with E-state index in [-0.39, 0.29) is 37.8 Å². The molecular weight excluding hydrogens is 454 g/mol. The number of benzene rings is 1. The standard InChI is InChI=1S/C26H33NO8/c1-17(2)22-16-34-26(33)27(22)25(32)21(15-19-9-5-4-6-10-19)24(35-18(3)29)23(31)13-12-20(30)11-7-8-14-28/h4-6,9-10,12-13,17,21-22,24,28H,7-8,11,14-16H2,1-3H3/t21-,22+,24-/m1/s1. The van der Waals surface area contributed by atoms with Crippen LogP contribution in [0, 0.1) is 11.8 Å². The van der Waals surface area contributed by atoms with Gasteiger partial charge in [0.2, 0.25) is 5.91 Å². The number of carbonyl (C=O) groups excluding carboxylic acids is 5. The molecule has 3 atom stereocenters. The first-order valence-corrected chi connectivity index (χ1v) is 11.7. The second-order valence-corrected chi connectivity index (χ2v) is 8.81. The van der Waals surface area contributed by atoms with E-state index in [2.05, 4.69) is 0 Å². The minimum Gasteiger partial charge on any atom is -0.453 e. The monoisotopic (exact) mass is 487 g/mol. The quantitative estimate of drug-likeness (QED) is 0.256. The molecule has 2 amide bonds. The Hall–Kier alpha value is -3.33. The van der Waals surface area contributed by atoms with Gasteiger partial charge < -0.3 is 14.6 Å². The van der Waals surface area contributed by atoms with Crippen molar-refractivity contribution in [3.05, 3.63) is 48.0 Å². The van der Waals surface area contributed by atoms with Gasteiger partial charge in [-0.3, -0.25) is 19.2 Å². The molecule has 1 aliphatic rings. The van der Waals surface area contributed by atoms with E-state index in [1.165, 1.54) is 0 Å². The highest BCUT2D eigenvalue weighted by Gasteiger charge is 2.46. The molecule has 9 nitrogen and oxygen atoms in total. The van der Waals surface area contributed by atoms with Crippen LogP contribution in [-0.4, -0.2) is 64.9 Å². The number of ether oxygens (including phenoxy) is 2. The summed E-state index contributed by atoms with van der Waals surface area (Å²) in [5.74, 6) is -3.84. The Bertz CT molecular complexity index is 940. The Morgan fingerprint density at radius 3 is 2.43 bits per heavy atom. The Labute approximate surface area is 205 Å². The Morgan fingerprint density at radius 2 is 1.83 bits per heavy atom. The molecule has 1 N–H and O–H groups in total. The number of rotatable bonds is 13. The van der Waals surface area contributed by atoms with Crippen molar-refractivity contribution in [1.82, 2.24) is 4.90 Å². The van der Waals surface area contributed by atoms with Crippen LogP contribution in [0.2, 0.25) is 0 Å². The van der Waals surface area contributed by atoms with Crippen LogP contribution in [0.3, 0.4) is 0 Å². The summed E-state index contributed by atoms with van der Waals surface area (Å²) in [7, 11) is 0. The van der Waals surface area contributed by atoms with Gasteiger partial charge in [-0.2, -0.15) is 0 Å². The van der Waals surface area contributed by atoms with Crippen molar-refractivity contribution in [2.75, 3.05) is 13.2 Å². The lowest BCUT2D eigenvalue weighted by molar-refractivity contribution is -0.159. The second kappa shape index (κ2) is 13.5. The molecule has 9 heteroatoms. The average molecular weight is 488 g/mol. The van der Waals surface area contributed by atoms with Crippen LogP contribution < -0.4 is 0 Å². The van der Waals surface area contributed by atoms with E-state index in [9.17, 15) is 24.0 Å². The fourth-order valence-corrected chi connectivity index (χ4v) is 3.83. The van der Waals surface area contributed by atoms with Crippen LogP contribution in [0.25, 0.3) is 0 Å². The van der Waals surface area contributed by atoms with E-state index in [1.807, 2.05) is 13.8 Å². The van der Waals surface area contributed by atoms with Crippen molar-refractivity contribution < 1.29 is 38.6 Å². The van der Waals surface area contributed by atoms with Crippen molar-refractivity contribution in [1.29, 1.82) is 0 Å². The first-order chi connectivity index (χ1) is 16.6. The fraction of sp³-hybridized carbons (Fsp3) is 0.500. The number of aliphatic hydroxyl groups excluding tert-OH is 1. The van der Waals surface area contributed by atoms with Gasteiger partial charge in [-0.25, -0.2) is 9.69 Å². The number of unbranched alkanes of at least 4 members (excludes halogenated alkanes) is 1. The van der Waals surface area contributed by atoms with Crippen molar-refractivity contribution in [3.8, 4) is 0 Å². The number of allylic oxidation sites excluding steroid dienone is 1. The summed E-state index contributed by atoms with van der Waals surface area (Å²) in [5.41, 5.74) is 0.702. The maximum Gasteiger partial charge on any atom is 0.416 e. The van der Waals surface area contributed by atoms with Crippen LogP contribution in [-0.2, 0) is 35.1 Å². The maximum atomic E-state index is 13.7. The zero-order chi connectivity index (χ0) is 26.0. The van der Waals surface area contributed by atoms with Crippen molar-refractivity contribution in [3.63, 3.8) is 0 Å². The summed E-state index contributed by atoms with van der Waals surface area (Å²) >= 11 is 0. The lowest BCUT2D eigenvalue weighted by Gasteiger charge is -2.30. The first-order valence-electron chi connectivity index (χ1n) is 11.7. The predicted octanol–water partition coefficient (Wildman–Crippen LogP) is 2.64. The molecule has 0 bridgehead atoms. The van der Waals surface area contributed by atoms with Gasteiger partial charge in [0.25, 0.3) is 0 Å². The van der Waals surface area contributed by atoms with E-state index in [0.717, 1.165) is 24.0 Å². The van der Waals surface area contributed by atoms with Gasteiger partial charge in [0.05, 0.1) is 12.0 Å². The molecule has 0 aromatic heterocycles. The van der Waals surface area contributed by atoms with Crippen LogP contribution in [0.4, 0.5) is 4.79 Å². The zero-order valence-corrected chi connectivity index (χ0v) is 20.3. The van der Waals surface area contributed by atoms with Gasteiger partial charge in [-0.05, 0) is 42.9 Å². The summed E-state index contributed by atoms with van der Waals surface area (Å²) in [5, 5.41) is 8.85. The summed E-state index contributed by atoms with van der Waals surface area (Å²) in [6, 6.07) is 8.34. The van der Waals surface area contributed by atoms with E-state index in [1.54, 1.807) is 30.3 Å². The molecule has 190 valence electrons. The second-order valence-electron chi connectivity index (χ2n) is 8.81. The molecule has 35 heavy (non-hydrogen) atoms. The van der Waals surface area contributed by atoms with E-state index < -0.39 is 41.8 Å². The van der Waals surface area contributed by atoms with Gasteiger partial charge in [0, 0.05) is 20.0 Å². The predicted molar refractivity (Wildman–Crippen MR) is 126 cm³/mol. The molecule has 2 rings (SSSR count). The van der Waals surface area contributed by atoms with Gasteiger partial charge in [-0.15, -0.1) is 0 Å². The number of ketones is 2. The van der Waals surface area contributed by atoms with Crippen LogP contribution in [0.15, 0.2) is 42.5 Å². The van der Waals surface area contributed by atoms with E-state index in [4.69, 9.17) is 14.6 Å². The molecule has 1 aromatic rings. The molecule has 0 radical (unpaired) electrons. The summed E-state index contributed by atoms with van der Waals surface area (Å²) < 4.78 is 10.4. The number of imide groups is 1. The maximum absolute atomic E-state index is 13.7. The Kier molecular flexibility index (Phi) is 10.8. The zero-order valence-electron chi connectivity index (χ0n) is 20.3. The van der Waals surface area contributed by atoms with Crippen molar-refractivity contribution in [2.45, 2.75) is 58.6 Å². The number of hydrogen-bond acceptors (Lipinski definition) is 8. The highest BCUT2D eigenvalue weighted by atomic mass is 16.6. The molecule has 1 aliphatic heterocycles. The topological polar surface area (TPSA) is 127 Å². The summed E-state index contributed by atoms with van der Waals surface area (Å²) in [6.07, 6.45) is 0.827. The van der Waals surface area contributed by atoms with Gasteiger partial charge in [0.15, 0.2) is 17.7 Å². The number of hydrogen-bond donors (Lipinski definition) is 1. The molecular formula is C26H33NO8. The van der Waals surface area contributed by atoms with Crippen molar-refractivity contribution >= 4 is 29.5 Å². The minimum atomic E-state index is -1.54. The molecule has 1 aromatic carbocycles. The Balaban J connectivity index is 2.39. The van der Waals surface area contributed by atoms with Gasteiger partial charge in [0.1, 0.15) is 6.61 Å². The molecule has 1 fully saturated rings. The number of amides is 2. The van der Waals surface area contributed by atoms with E-state index >= 15 is 0 Å². The summed E-state index contributed by atoms with van der Waals surface area (Å²) in [6.45, 7) is 4.81. The number of nitrogens with zero attached hydrogens (tertiary/aromatic N) is 1. The highest BCUT2D eigenvalue weighted by Crippen LogP contribution is 2.27. The third kappa shape index (κ3) is 8.13. The number of aliphatic hydroxyl groups is 1. The molecule has 0 spiro atoms. The number of esters is 1. The summed E-state index contributed by atoms with van der Waals surface area (Å²) in [4.78, 5) is 64.2. The largest absolute Gasteiger partial charge is 0.453 e. The van der Waals surface area contributed by atoms with Crippen LogP contribution in [0.1, 0.15) is 45.6 Å². The highest BCUT2D eigenvalue weighted by molar-refractivity contribution is 6.04. The normalized spacial score (nSPS) is 17.3.